The summed E-state index contributed by atoms with van der Waals surface area (Å²) in [5, 5.41) is 3.40. The lowest BCUT2D eigenvalue weighted by Crippen LogP contribution is -2.42. The van der Waals surface area contributed by atoms with Crippen molar-refractivity contribution in [1.29, 1.82) is 0 Å². The predicted molar refractivity (Wildman–Crippen MR) is 78.5 cm³/mol. The van der Waals surface area contributed by atoms with Crippen molar-refractivity contribution < 1.29 is 4.74 Å². The quantitative estimate of drug-likeness (QED) is 0.798. The minimum absolute atomic E-state index is 0.364. The van der Waals surface area contributed by atoms with Crippen LogP contribution < -0.4 is 10.2 Å². The van der Waals surface area contributed by atoms with Crippen LogP contribution in [0, 0.1) is 0 Å². The Morgan fingerprint density at radius 3 is 3.16 bits per heavy atom. The molecule has 4 heteroatoms. The fraction of sp³-hybridized carbons (Fsp3) is 0.667. The average molecular weight is 263 g/mol. The van der Waals surface area contributed by atoms with Crippen LogP contribution in [0.2, 0.25) is 0 Å². The van der Waals surface area contributed by atoms with Crippen molar-refractivity contribution in [3.05, 3.63) is 24.0 Å². The van der Waals surface area contributed by atoms with Gasteiger partial charge in [0.1, 0.15) is 0 Å². The van der Waals surface area contributed by atoms with Crippen LogP contribution in [0.5, 0.6) is 0 Å². The highest BCUT2D eigenvalue weighted by molar-refractivity contribution is 5.47. The Labute approximate surface area is 116 Å². The molecule has 0 amide bonds. The van der Waals surface area contributed by atoms with Crippen LogP contribution >= 0.6 is 0 Å². The minimum atomic E-state index is 0.364. The van der Waals surface area contributed by atoms with Gasteiger partial charge in [-0.2, -0.15) is 0 Å². The lowest BCUT2D eigenvalue weighted by molar-refractivity contribution is 0.0384. The van der Waals surface area contributed by atoms with Gasteiger partial charge in [0.25, 0.3) is 0 Å². The van der Waals surface area contributed by atoms with E-state index in [1.165, 1.54) is 5.69 Å². The van der Waals surface area contributed by atoms with Crippen LogP contribution in [0.25, 0.3) is 0 Å². The van der Waals surface area contributed by atoms with Gasteiger partial charge in [-0.15, -0.1) is 0 Å². The summed E-state index contributed by atoms with van der Waals surface area (Å²) in [6, 6.07) is 4.29. The molecule has 0 radical (unpaired) electrons. The molecule has 1 N–H and O–H groups in total. The van der Waals surface area contributed by atoms with Crippen LogP contribution in [0.1, 0.15) is 32.4 Å². The fourth-order valence-corrected chi connectivity index (χ4v) is 2.35. The molecule has 0 aliphatic carbocycles. The molecule has 1 aromatic heterocycles. The van der Waals surface area contributed by atoms with Gasteiger partial charge in [-0.25, -0.2) is 0 Å². The van der Waals surface area contributed by atoms with E-state index in [9.17, 15) is 0 Å². The molecule has 1 aromatic rings. The van der Waals surface area contributed by atoms with Gasteiger partial charge >= 0.3 is 0 Å². The number of anilines is 1. The Morgan fingerprint density at radius 1 is 1.47 bits per heavy atom. The fourth-order valence-electron chi connectivity index (χ4n) is 2.35. The van der Waals surface area contributed by atoms with E-state index in [4.69, 9.17) is 4.74 Å². The molecule has 1 atom stereocenters. The zero-order valence-corrected chi connectivity index (χ0v) is 12.1. The molecule has 2 heterocycles. The summed E-state index contributed by atoms with van der Waals surface area (Å²) >= 11 is 0. The Hall–Kier alpha value is -1.13. The highest BCUT2D eigenvalue weighted by Gasteiger charge is 2.19. The van der Waals surface area contributed by atoms with Gasteiger partial charge in [0, 0.05) is 31.5 Å². The molecule has 1 unspecified atom stereocenters. The first-order chi connectivity index (χ1) is 9.33. The smallest absolute Gasteiger partial charge is 0.0748 e. The Morgan fingerprint density at radius 2 is 2.37 bits per heavy atom. The van der Waals surface area contributed by atoms with Gasteiger partial charge in [-0.1, -0.05) is 13.8 Å². The molecule has 0 aromatic carbocycles. The maximum Gasteiger partial charge on any atom is 0.0748 e. The number of rotatable bonds is 6. The second-order valence-corrected chi connectivity index (χ2v) is 5.03. The van der Waals surface area contributed by atoms with Gasteiger partial charge in [0.15, 0.2) is 0 Å². The number of aromatic nitrogens is 1. The van der Waals surface area contributed by atoms with E-state index in [2.05, 4.69) is 41.2 Å². The lowest BCUT2D eigenvalue weighted by Gasteiger charge is -2.34. The second kappa shape index (κ2) is 7.46. The van der Waals surface area contributed by atoms with Gasteiger partial charge in [-0.05, 0) is 31.5 Å². The zero-order chi connectivity index (χ0) is 13.5. The molecule has 1 fully saturated rings. The number of pyridine rings is 1. The van der Waals surface area contributed by atoms with E-state index in [-0.39, 0.29) is 0 Å². The molecule has 106 valence electrons. The number of hydrogen-bond donors (Lipinski definition) is 1. The SMILES string of the molecule is CCCNCc1cc(N2CCOC(CC)C2)ccn1. The first kappa shape index (κ1) is 14.3. The molecule has 0 bridgehead atoms. The summed E-state index contributed by atoms with van der Waals surface area (Å²) in [4.78, 5) is 6.83. The third kappa shape index (κ3) is 4.18. The molecule has 4 nitrogen and oxygen atoms in total. The summed E-state index contributed by atoms with van der Waals surface area (Å²) < 4.78 is 5.72. The van der Waals surface area contributed by atoms with Crippen molar-refractivity contribution in [3.63, 3.8) is 0 Å². The standard InChI is InChI=1S/C15H25N3O/c1-3-6-16-11-13-10-14(5-7-17-13)18-8-9-19-15(4-2)12-18/h5,7,10,15-16H,3-4,6,8-9,11-12H2,1-2H3. The van der Waals surface area contributed by atoms with Gasteiger partial charge in [-0.3, -0.25) is 4.98 Å². The zero-order valence-electron chi connectivity index (χ0n) is 12.1. The van der Waals surface area contributed by atoms with Crippen LogP contribution in [0.4, 0.5) is 5.69 Å². The topological polar surface area (TPSA) is 37.4 Å². The molecular formula is C15H25N3O. The van der Waals surface area contributed by atoms with Crippen LogP contribution in [0.3, 0.4) is 0 Å². The molecular weight excluding hydrogens is 238 g/mol. The van der Waals surface area contributed by atoms with Gasteiger partial charge in [0.05, 0.1) is 18.4 Å². The Kier molecular flexibility index (Phi) is 5.61. The largest absolute Gasteiger partial charge is 0.375 e. The average Bonchev–Trinajstić information content (AvgIpc) is 2.48. The lowest BCUT2D eigenvalue weighted by atomic mass is 10.2. The van der Waals surface area contributed by atoms with Crippen molar-refractivity contribution in [3.8, 4) is 0 Å². The maximum atomic E-state index is 5.72. The number of ether oxygens (including phenoxy) is 1. The van der Waals surface area contributed by atoms with Crippen LogP contribution in [-0.4, -0.2) is 37.3 Å². The van der Waals surface area contributed by atoms with E-state index >= 15 is 0 Å². The third-order valence-corrected chi connectivity index (χ3v) is 3.49. The van der Waals surface area contributed by atoms with Crippen molar-refractivity contribution in [1.82, 2.24) is 10.3 Å². The van der Waals surface area contributed by atoms with Gasteiger partial charge < -0.3 is 15.0 Å². The van der Waals surface area contributed by atoms with Gasteiger partial charge in [0.2, 0.25) is 0 Å². The molecule has 0 saturated carbocycles. The summed E-state index contributed by atoms with van der Waals surface area (Å²) in [6.07, 6.45) is 4.51. The van der Waals surface area contributed by atoms with E-state index in [0.29, 0.717) is 6.10 Å². The van der Waals surface area contributed by atoms with E-state index in [0.717, 1.165) is 51.3 Å². The molecule has 1 aliphatic heterocycles. The number of nitrogens with zero attached hydrogens (tertiary/aromatic N) is 2. The molecule has 19 heavy (non-hydrogen) atoms. The molecule has 0 spiro atoms. The monoisotopic (exact) mass is 263 g/mol. The molecule has 2 rings (SSSR count). The summed E-state index contributed by atoms with van der Waals surface area (Å²) in [5.74, 6) is 0. The van der Waals surface area contributed by atoms with E-state index < -0.39 is 0 Å². The first-order valence-electron chi connectivity index (χ1n) is 7.35. The Balaban J connectivity index is 1.97. The summed E-state index contributed by atoms with van der Waals surface area (Å²) in [5.41, 5.74) is 2.38. The van der Waals surface area contributed by atoms with Crippen LogP contribution in [-0.2, 0) is 11.3 Å². The normalized spacial score (nSPS) is 19.7. The number of nitrogens with one attached hydrogen (secondary N) is 1. The van der Waals surface area contributed by atoms with Crippen molar-refractivity contribution in [2.75, 3.05) is 31.1 Å². The van der Waals surface area contributed by atoms with Crippen molar-refractivity contribution in [2.45, 2.75) is 39.3 Å². The van der Waals surface area contributed by atoms with E-state index in [1.807, 2.05) is 6.20 Å². The van der Waals surface area contributed by atoms with Crippen molar-refractivity contribution >= 4 is 5.69 Å². The van der Waals surface area contributed by atoms with Crippen LogP contribution in [0.15, 0.2) is 18.3 Å². The highest BCUT2D eigenvalue weighted by atomic mass is 16.5. The maximum absolute atomic E-state index is 5.72. The van der Waals surface area contributed by atoms with E-state index in [1.54, 1.807) is 0 Å². The second-order valence-electron chi connectivity index (χ2n) is 5.03. The first-order valence-corrected chi connectivity index (χ1v) is 7.35. The highest BCUT2D eigenvalue weighted by Crippen LogP contribution is 2.19. The predicted octanol–water partition coefficient (Wildman–Crippen LogP) is 2.20. The summed E-state index contributed by atoms with van der Waals surface area (Å²) in [6.45, 7) is 9.04. The third-order valence-electron chi connectivity index (χ3n) is 3.49. The number of hydrogen-bond acceptors (Lipinski definition) is 4. The minimum Gasteiger partial charge on any atom is -0.375 e. The summed E-state index contributed by atoms with van der Waals surface area (Å²) in [7, 11) is 0. The molecule has 1 saturated heterocycles. The molecule has 1 aliphatic rings. The number of morpholine rings is 1. The van der Waals surface area contributed by atoms with Crippen molar-refractivity contribution in [2.24, 2.45) is 0 Å². The Bertz CT molecular complexity index is 383.